The second-order valence-electron chi connectivity index (χ2n) is 14.7. The molecule has 0 saturated carbocycles. The standard InChI is InChI=1S/C52H31N3O2S/c1-2-10-33(11-3-1)50-53-51(55-52(54-50)35-24-20-32(21-25-35)49-40-15-6-4-12-37(40)38-13-5-7-16-41(38)49)34-22-18-31(19-23-34)36-26-27-43-44(28-36)57-45-29-42-39-14-8-9-17-47(39)58-48(42)30-46(45)56-43/h1-30,49H. The van der Waals surface area contributed by atoms with E-state index in [2.05, 4.69) is 140 Å². The molecule has 0 amide bonds. The largest absolute Gasteiger partial charge is 0.449 e. The highest BCUT2D eigenvalue weighted by atomic mass is 32.1. The van der Waals surface area contributed by atoms with Gasteiger partial charge in [-0.3, -0.25) is 0 Å². The van der Waals surface area contributed by atoms with Crippen LogP contribution in [0.15, 0.2) is 182 Å². The molecule has 1 aliphatic carbocycles. The molecule has 5 nitrogen and oxygen atoms in total. The number of hydrogen-bond donors (Lipinski definition) is 0. The number of aromatic nitrogens is 3. The van der Waals surface area contributed by atoms with Gasteiger partial charge in [0.25, 0.3) is 0 Å². The van der Waals surface area contributed by atoms with Crippen molar-refractivity contribution in [3.63, 3.8) is 0 Å². The molecule has 12 rings (SSSR count). The summed E-state index contributed by atoms with van der Waals surface area (Å²) in [6, 6.07) is 63.4. The lowest BCUT2D eigenvalue weighted by Crippen LogP contribution is -2.01. The van der Waals surface area contributed by atoms with Crippen molar-refractivity contribution in [2.75, 3.05) is 0 Å². The molecule has 0 spiro atoms. The molecule has 3 heterocycles. The highest BCUT2D eigenvalue weighted by Crippen LogP contribution is 2.51. The van der Waals surface area contributed by atoms with Gasteiger partial charge in [-0.1, -0.05) is 152 Å². The fraction of sp³-hybridized carbons (Fsp3) is 0.0192. The molecule has 2 aromatic heterocycles. The summed E-state index contributed by atoms with van der Waals surface area (Å²) in [5.74, 6) is 4.90. The van der Waals surface area contributed by atoms with Crippen LogP contribution in [0.1, 0.15) is 22.6 Å². The van der Waals surface area contributed by atoms with Crippen molar-refractivity contribution in [1.29, 1.82) is 0 Å². The Hall–Kier alpha value is -7.41. The molecular weight excluding hydrogens is 731 g/mol. The number of nitrogens with zero attached hydrogens (tertiary/aromatic N) is 3. The smallest absolute Gasteiger partial charge is 0.171 e. The van der Waals surface area contributed by atoms with Crippen LogP contribution in [0, 0.1) is 0 Å². The Labute approximate surface area is 338 Å². The molecule has 8 aromatic carbocycles. The fourth-order valence-electron chi connectivity index (χ4n) is 8.48. The van der Waals surface area contributed by atoms with E-state index >= 15 is 0 Å². The first-order valence-electron chi connectivity index (χ1n) is 19.4. The lowest BCUT2D eigenvalue weighted by Gasteiger charge is -2.21. The number of benzene rings is 8. The highest BCUT2D eigenvalue weighted by molar-refractivity contribution is 7.25. The molecule has 272 valence electrons. The molecule has 10 aromatic rings. The molecule has 6 heteroatoms. The van der Waals surface area contributed by atoms with E-state index in [9.17, 15) is 0 Å². The van der Waals surface area contributed by atoms with E-state index < -0.39 is 0 Å². The van der Waals surface area contributed by atoms with E-state index in [1.54, 1.807) is 11.3 Å². The van der Waals surface area contributed by atoms with Gasteiger partial charge < -0.3 is 9.47 Å². The van der Waals surface area contributed by atoms with Crippen molar-refractivity contribution in [3.05, 3.63) is 199 Å². The summed E-state index contributed by atoms with van der Waals surface area (Å²) in [4.78, 5) is 15.1. The Morgan fingerprint density at radius 3 is 1.59 bits per heavy atom. The first-order chi connectivity index (χ1) is 28.7. The van der Waals surface area contributed by atoms with Gasteiger partial charge in [0.2, 0.25) is 0 Å². The van der Waals surface area contributed by atoms with Gasteiger partial charge in [-0.25, -0.2) is 15.0 Å². The molecule has 58 heavy (non-hydrogen) atoms. The Balaban J connectivity index is 0.864. The Morgan fingerprint density at radius 1 is 0.362 bits per heavy atom. The number of ether oxygens (including phenoxy) is 2. The lowest BCUT2D eigenvalue weighted by molar-refractivity contribution is 0.360. The molecule has 0 fully saturated rings. The first-order valence-corrected chi connectivity index (χ1v) is 20.2. The second-order valence-corrected chi connectivity index (χ2v) is 15.8. The minimum absolute atomic E-state index is 0.178. The fourth-order valence-corrected chi connectivity index (χ4v) is 9.60. The van der Waals surface area contributed by atoms with Crippen molar-refractivity contribution >= 4 is 31.5 Å². The number of hydrogen-bond acceptors (Lipinski definition) is 6. The summed E-state index contributed by atoms with van der Waals surface area (Å²) < 4.78 is 15.3. The zero-order valence-electron chi connectivity index (χ0n) is 31.0. The normalized spacial score (nSPS) is 12.7. The van der Waals surface area contributed by atoms with Crippen LogP contribution in [-0.2, 0) is 0 Å². The van der Waals surface area contributed by atoms with Crippen LogP contribution in [0.2, 0.25) is 0 Å². The maximum absolute atomic E-state index is 6.49. The second kappa shape index (κ2) is 13.1. The Bertz CT molecular complexity index is 3180. The van der Waals surface area contributed by atoms with E-state index in [0.29, 0.717) is 29.0 Å². The summed E-state index contributed by atoms with van der Waals surface area (Å²) in [5, 5.41) is 2.40. The van der Waals surface area contributed by atoms with E-state index in [1.165, 1.54) is 48.0 Å². The summed E-state index contributed by atoms with van der Waals surface area (Å²) in [7, 11) is 0. The molecule has 0 unspecified atom stereocenters. The third-order valence-corrected chi connectivity index (χ3v) is 12.4. The van der Waals surface area contributed by atoms with Crippen molar-refractivity contribution in [3.8, 4) is 79.4 Å². The van der Waals surface area contributed by atoms with E-state index in [0.717, 1.165) is 39.3 Å². The van der Waals surface area contributed by atoms with Gasteiger partial charge in [0.05, 0.1) is 0 Å². The monoisotopic (exact) mass is 761 g/mol. The molecule has 2 aliphatic rings. The molecule has 1 aliphatic heterocycles. The van der Waals surface area contributed by atoms with Crippen LogP contribution in [0.3, 0.4) is 0 Å². The van der Waals surface area contributed by atoms with Gasteiger partial charge in [-0.05, 0) is 63.2 Å². The van der Waals surface area contributed by atoms with Gasteiger partial charge in [0.15, 0.2) is 40.5 Å². The zero-order valence-corrected chi connectivity index (χ0v) is 31.8. The van der Waals surface area contributed by atoms with E-state index in [1.807, 2.05) is 42.5 Å². The van der Waals surface area contributed by atoms with Crippen molar-refractivity contribution in [1.82, 2.24) is 15.0 Å². The van der Waals surface area contributed by atoms with Crippen molar-refractivity contribution in [2.45, 2.75) is 5.92 Å². The van der Waals surface area contributed by atoms with Gasteiger partial charge in [0, 0.05) is 48.8 Å². The predicted molar refractivity (Wildman–Crippen MR) is 234 cm³/mol. The summed E-state index contributed by atoms with van der Waals surface area (Å²) in [6.45, 7) is 0. The predicted octanol–water partition coefficient (Wildman–Crippen LogP) is 14.0. The minimum Gasteiger partial charge on any atom is -0.449 e. The van der Waals surface area contributed by atoms with Crippen molar-refractivity contribution < 1.29 is 9.47 Å². The maximum Gasteiger partial charge on any atom is 0.171 e. The van der Waals surface area contributed by atoms with Gasteiger partial charge in [-0.15, -0.1) is 11.3 Å². The first kappa shape index (κ1) is 32.8. The highest BCUT2D eigenvalue weighted by Gasteiger charge is 2.29. The summed E-state index contributed by atoms with van der Waals surface area (Å²) in [6.07, 6.45) is 0. The molecule has 0 N–H and O–H groups in total. The SMILES string of the molecule is c1ccc(-c2nc(-c3ccc(-c4ccc5c(c4)Oc4cc6c(cc4O5)sc4ccccc46)cc3)nc(-c3ccc(C4c5ccccc5-c5ccccc54)cc3)n2)cc1. The van der Waals surface area contributed by atoms with Crippen LogP contribution in [0.5, 0.6) is 23.0 Å². The zero-order chi connectivity index (χ0) is 38.2. The Kier molecular flexibility index (Phi) is 7.40. The van der Waals surface area contributed by atoms with Crippen LogP contribution in [0.4, 0.5) is 0 Å². The number of rotatable bonds is 5. The molecule has 0 radical (unpaired) electrons. The third kappa shape index (κ3) is 5.41. The lowest BCUT2D eigenvalue weighted by atomic mass is 9.89. The molecule has 0 atom stereocenters. The van der Waals surface area contributed by atoms with Crippen LogP contribution >= 0.6 is 11.3 Å². The van der Waals surface area contributed by atoms with Crippen LogP contribution in [0.25, 0.3) is 76.6 Å². The van der Waals surface area contributed by atoms with Gasteiger partial charge in [0.1, 0.15) is 0 Å². The quantitative estimate of drug-likeness (QED) is 0.175. The molecule has 0 bridgehead atoms. The van der Waals surface area contributed by atoms with Gasteiger partial charge >= 0.3 is 0 Å². The summed E-state index contributed by atoms with van der Waals surface area (Å²) >= 11 is 1.77. The molecule has 0 saturated heterocycles. The van der Waals surface area contributed by atoms with Gasteiger partial charge in [-0.2, -0.15) is 0 Å². The Morgan fingerprint density at radius 2 is 0.879 bits per heavy atom. The topological polar surface area (TPSA) is 57.1 Å². The third-order valence-electron chi connectivity index (χ3n) is 11.3. The summed E-state index contributed by atoms with van der Waals surface area (Å²) in [5.41, 5.74) is 11.4. The van der Waals surface area contributed by atoms with E-state index in [-0.39, 0.29) is 5.92 Å². The molecular formula is C52H31N3O2S. The number of fused-ring (bicyclic) bond motifs is 8. The minimum atomic E-state index is 0.178. The maximum atomic E-state index is 6.49. The average molecular weight is 762 g/mol. The van der Waals surface area contributed by atoms with E-state index in [4.69, 9.17) is 24.4 Å². The van der Waals surface area contributed by atoms with Crippen LogP contribution < -0.4 is 9.47 Å². The van der Waals surface area contributed by atoms with Crippen molar-refractivity contribution in [2.24, 2.45) is 0 Å². The average Bonchev–Trinajstić information content (AvgIpc) is 3.83. The number of thiophene rings is 1. The van der Waals surface area contributed by atoms with Crippen LogP contribution in [-0.4, -0.2) is 15.0 Å².